The van der Waals surface area contributed by atoms with Crippen LogP contribution in [0.25, 0.3) is 27.8 Å². The summed E-state index contributed by atoms with van der Waals surface area (Å²) in [7, 11) is 0. The second-order valence-electron chi connectivity index (χ2n) is 10.2. The van der Waals surface area contributed by atoms with Crippen LogP contribution >= 0.6 is 11.6 Å². The fraction of sp³-hybridized carbons (Fsp3) is 0.323. The summed E-state index contributed by atoms with van der Waals surface area (Å²) in [5.74, 6) is 1.38. The van der Waals surface area contributed by atoms with Crippen LogP contribution in [0.1, 0.15) is 50.1 Å². The van der Waals surface area contributed by atoms with Crippen LogP contribution in [0.3, 0.4) is 0 Å². The lowest BCUT2D eigenvalue weighted by molar-refractivity contribution is 0.240. The molecule has 0 saturated carbocycles. The molecule has 1 N–H and O–H groups in total. The predicted octanol–water partition coefficient (Wildman–Crippen LogP) is 6.94. The van der Waals surface area contributed by atoms with Gasteiger partial charge in [0.25, 0.3) is 0 Å². The van der Waals surface area contributed by atoms with Crippen LogP contribution in [-0.2, 0) is 25.8 Å². The number of fused-ring (bicyclic) bond motifs is 2. The van der Waals surface area contributed by atoms with Crippen LogP contribution in [0.2, 0.25) is 5.02 Å². The third-order valence-electron chi connectivity index (χ3n) is 7.41. The molecule has 0 saturated heterocycles. The van der Waals surface area contributed by atoms with Crippen LogP contribution in [0, 0.1) is 0 Å². The normalized spacial score (nSPS) is 13.3. The Balaban J connectivity index is 1.53. The first kappa shape index (κ1) is 25.4. The van der Waals surface area contributed by atoms with Crippen molar-refractivity contribution < 1.29 is 4.74 Å². The summed E-state index contributed by atoms with van der Waals surface area (Å²) in [4.78, 5) is 14.8. The van der Waals surface area contributed by atoms with E-state index in [1.165, 1.54) is 22.4 Å². The quantitative estimate of drug-likeness (QED) is 0.242. The van der Waals surface area contributed by atoms with E-state index in [1.54, 1.807) is 12.4 Å². The maximum atomic E-state index is 6.59. The zero-order chi connectivity index (χ0) is 27.1. The maximum absolute atomic E-state index is 6.59. The maximum Gasteiger partial charge on any atom is 0.225 e. The van der Waals surface area contributed by atoms with E-state index in [0.29, 0.717) is 23.3 Å². The Labute approximate surface area is 233 Å². The number of anilines is 1. The molecule has 200 valence electrons. The SMILES string of the molecule is CCc1cccc(CC)c1-n1nc2c(c1-c1ccc(Cl)c3[nH]ccc13)CN(c1ncc(OC(C)C)cn1)CC2. The molecule has 4 heterocycles. The predicted molar refractivity (Wildman–Crippen MR) is 157 cm³/mol. The number of aromatic amines is 1. The average Bonchev–Trinajstić information content (AvgIpc) is 3.59. The van der Waals surface area contributed by atoms with Gasteiger partial charge in [0.05, 0.1) is 46.1 Å². The smallest absolute Gasteiger partial charge is 0.225 e. The number of aromatic nitrogens is 5. The fourth-order valence-electron chi connectivity index (χ4n) is 5.60. The van der Waals surface area contributed by atoms with E-state index in [0.717, 1.165) is 53.7 Å². The molecule has 7 nitrogen and oxygen atoms in total. The van der Waals surface area contributed by atoms with Crippen LogP contribution in [0.15, 0.2) is 55.0 Å². The van der Waals surface area contributed by atoms with Gasteiger partial charge in [-0.1, -0.05) is 49.7 Å². The minimum Gasteiger partial charge on any atom is -0.488 e. The van der Waals surface area contributed by atoms with Crippen LogP contribution in [0.5, 0.6) is 5.75 Å². The van der Waals surface area contributed by atoms with Crippen LogP contribution in [0.4, 0.5) is 5.95 Å². The number of hydrogen-bond donors (Lipinski definition) is 1. The van der Waals surface area contributed by atoms with Crippen molar-refractivity contribution in [2.45, 2.75) is 59.6 Å². The summed E-state index contributed by atoms with van der Waals surface area (Å²) in [5, 5.41) is 7.08. The molecule has 0 unspecified atom stereocenters. The Morgan fingerprint density at radius 1 is 1.03 bits per heavy atom. The van der Waals surface area contributed by atoms with Gasteiger partial charge in [0.2, 0.25) is 5.95 Å². The van der Waals surface area contributed by atoms with E-state index in [9.17, 15) is 0 Å². The highest BCUT2D eigenvalue weighted by Crippen LogP contribution is 2.40. The van der Waals surface area contributed by atoms with Crippen molar-refractivity contribution in [3.8, 4) is 22.7 Å². The van der Waals surface area contributed by atoms with E-state index >= 15 is 0 Å². The van der Waals surface area contributed by atoms with Gasteiger partial charge in [-0.05, 0) is 49.9 Å². The highest BCUT2D eigenvalue weighted by Gasteiger charge is 2.29. The number of para-hydroxylation sites is 1. The molecule has 3 aromatic heterocycles. The summed E-state index contributed by atoms with van der Waals surface area (Å²) in [5.41, 5.74) is 9.23. The van der Waals surface area contributed by atoms with Crippen molar-refractivity contribution in [2.24, 2.45) is 0 Å². The minimum absolute atomic E-state index is 0.0778. The van der Waals surface area contributed by atoms with Gasteiger partial charge in [-0.3, -0.25) is 0 Å². The number of nitrogens with zero attached hydrogens (tertiary/aromatic N) is 5. The third kappa shape index (κ3) is 4.55. The molecular weight excluding hydrogens is 508 g/mol. The topological polar surface area (TPSA) is 71.9 Å². The van der Waals surface area contributed by atoms with Crippen molar-refractivity contribution in [2.75, 3.05) is 11.4 Å². The van der Waals surface area contributed by atoms with Crippen molar-refractivity contribution in [3.05, 3.63) is 82.4 Å². The molecule has 0 aliphatic carbocycles. The summed E-state index contributed by atoms with van der Waals surface area (Å²) >= 11 is 6.59. The van der Waals surface area contributed by atoms with Gasteiger partial charge in [0.1, 0.15) is 0 Å². The molecule has 0 bridgehead atoms. The Morgan fingerprint density at radius 3 is 2.46 bits per heavy atom. The van der Waals surface area contributed by atoms with Crippen molar-refractivity contribution in [1.82, 2.24) is 24.7 Å². The Hall–Kier alpha value is -3.84. The van der Waals surface area contributed by atoms with Gasteiger partial charge in [-0.2, -0.15) is 5.10 Å². The minimum atomic E-state index is 0.0778. The van der Waals surface area contributed by atoms with E-state index in [-0.39, 0.29) is 6.10 Å². The monoisotopic (exact) mass is 540 g/mol. The van der Waals surface area contributed by atoms with Gasteiger partial charge in [-0.15, -0.1) is 0 Å². The number of ether oxygens (including phenoxy) is 1. The van der Waals surface area contributed by atoms with Crippen LogP contribution in [-0.4, -0.2) is 37.4 Å². The molecule has 2 aromatic carbocycles. The average molecular weight is 541 g/mol. The standard InChI is InChI=1S/C31H33ClN6O/c1-5-20-8-7-9-21(6-2)29(20)38-30(24-10-11-26(32)28-23(24)12-14-33-28)25-18-37(15-13-27(25)36-38)31-34-16-22(17-35-31)39-19(3)4/h7-12,14,16-17,19,33H,5-6,13,15,18H2,1-4H3. The molecule has 0 radical (unpaired) electrons. The highest BCUT2D eigenvalue weighted by atomic mass is 35.5. The van der Waals surface area contributed by atoms with Crippen molar-refractivity contribution >= 4 is 28.5 Å². The van der Waals surface area contributed by atoms with Gasteiger partial charge >= 0.3 is 0 Å². The largest absolute Gasteiger partial charge is 0.488 e. The molecule has 1 aliphatic rings. The number of halogens is 1. The number of aryl methyl sites for hydroxylation is 2. The van der Waals surface area contributed by atoms with Gasteiger partial charge < -0.3 is 14.6 Å². The van der Waals surface area contributed by atoms with E-state index in [1.807, 2.05) is 26.1 Å². The Bertz CT molecular complexity index is 1610. The van der Waals surface area contributed by atoms with E-state index < -0.39 is 0 Å². The Kier molecular flexibility index (Phi) is 6.77. The molecule has 5 aromatic rings. The molecule has 0 amide bonds. The molecule has 39 heavy (non-hydrogen) atoms. The second-order valence-corrected chi connectivity index (χ2v) is 10.6. The van der Waals surface area contributed by atoms with Crippen LogP contribution < -0.4 is 9.64 Å². The van der Waals surface area contributed by atoms with E-state index in [4.69, 9.17) is 21.4 Å². The molecule has 1 aliphatic heterocycles. The van der Waals surface area contributed by atoms with Gasteiger partial charge in [0, 0.05) is 42.2 Å². The lowest BCUT2D eigenvalue weighted by atomic mass is 9.97. The molecular formula is C31H33ClN6O. The fourth-order valence-corrected chi connectivity index (χ4v) is 5.82. The highest BCUT2D eigenvalue weighted by molar-refractivity contribution is 6.35. The lowest BCUT2D eigenvalue weighted by Gasteiger charge is -2.27. The van der Waals surface area contributed by atoms with Gasteiger partial charge in [0.15, 0.2) is 5.75 Å². The summed E-state index contributed by atoms with van der Waals surface area (Å²) in [6.45, 7) is 9.87. The molecule has 6 rings (SSSR count). The van der Waals surface area contributed by atoms with Crippen molar-refractivity contribution in [3.63, 3.8) is 0 Å². The Morgan fingerprint density at radius 2 is 1.77 bits per heavy atom. The zero-order valence-corrected chi connectivity index (χ0v) is 23.6. The number of benzene rings is 2. The first-order valence-electron chi connectivity index (χ1n) is 13.7. The summed E-state index contributed by atoms with van der Waals surface area (Å²) in [6, 6.07) is 12.8. The lowest BCUT2D eigenvalue weighted by Crippen LogP contribution is -2.31. The molecule has 0 atom stereocenters. The zero-order valence-electron chi connectivity index (χ0n) is 22.8. The molecule has 0 fully saturated rings. The van der Waals surface area contributed by atoms with Gasteiger partial charge in [-0.25, -0.2) is 14.6 Å². The first-order valence-corrected chi connectivity index (χ1v) is 14.1. The van der Waals surface area contributed by atoms with E-state index in [2.05, 4.69) is 68.7 Å². The number of H-pyrrole nitrogens is 1. The number of hydrogen-bond acceptors (Lipinski definition) is 5. The number of nitrogens with one attached hydrogen (secondary N) is 1. The summed E-state index contributed by atoms with van der Waals surface area (Å²) < 4.78 is 7.95. The third-order valence-corrected chi connectivity index (χ3v) is 7.72. The number of rotatable bonds is 7. The molecule has 0 spiro atoms. The first-order chi connectivity index (χ1) is 19.0. The molecule has 8 heteroatoms. The second kappa shape index (κ2) is 10.4. The van der Waals surface area contributed by atoms with Crippen molar-refractivity contribution in [1.29, 1.82) is 0 Å². The summed E-state index contributed by atoms with van der Waals surface area (Å²) in [6.07, 6.45) is 8.21.